The van der Waals surface area contributed by atoms with E-state index in [0.717, 1.165) is 12.1 Å². The smallest absolute Gasteiger partial charge is 0.262 e. The number of hydroxylamine groups is 1. The fraction of sp³-hybridized carbons (Fsp3) is 0.250. The summed E-state index contributed by atoms with van der Waals surface area (Å²) in [5, 5.41) is 9.72. The Morgan fingerprint density at radius 1 is 1.20 bits per heavy atom. The predicted molar refractivity (Wildman–Crippen MR) is 111 cm³/mol. The summed E-state index contributed by atoms with van der Waals surface area (Å²) >= 11 is 1.23. The van der Waals surface area contributed by atoms with Crippen LogP contribution in [0, 0.1) is 11.6 Å². The molecule has 1 aliphatic rings. The van der Waals surface area contributed by atoms with E-state index in [9.17, 15) is 23.0 Å². The summed E-state index contributed by atoms with van der Waals surface area (Å²) in [4.78, 5) is 17.3. The molecule has 10 heteroatoms. The lowest BCUT2D eigenvalue weighted by atomic mass is 9.98. The number of carbonyl (C=O) groups excluding carboxylic acids is 1. The highest BCUT2D eigenvalue weighted by molar-refractivity contribution is 8.02. The lowest BCUT2D eigenvalue weighted by Crippen LogP contribution is -2.54. The highest BCUT2D eigenvalue weighted by Crippen LogP contribution is 2.38. The van der Waals surface area contributed by atoms with E-state index in [-0.39, 0.29) is 26.1 Å². The van der Waals surface area contributed by atoms with Gasteiger partial charge in [-0.25, -0.2) is 19.2 Å². The van der Waals surface area contributed by atoms with Gasteiger partial charge in [-0.2, -0.15) is 0 Å². The third-order valence-corrected chi connectivity index (χ3v) is 9.29. The highest BCUT2D eigenvalue weighted by atomic mass is 32.2. The van der Waals surface area contributed by atoms with Crippen molar-refractivity contribution in [3.05, 3.63) is 48.0 Å². The van der Waals surface area contributed by atoms with Crippen LogP contribution < -0.4 is 5.48 Å². The molecule has 0 aliphatic carbocycles. The van der Waals surface area contributed by atoms with E-state index >= 15 is 0 Å². The number of hydrogen-bond donors (Lipinski definition) is 2. The molecule has 0 bridgehead atoms. The highest BCUT2D eigenvalue weighted by Gasteiger charge is 2.48. The zero-order valence-electron chi connectivity index (χ0n) is 15.7. The van der Waals surface area contributed by atoms with Gasteiger partial charge in [0.2, 0.25) is 0 Å². The number of hydrogen-bond acceptors (Lipinski definition) is 6. The van der Waals surface area contributed by atoms with E-state index in [1.54, 1.807) is 23.7 Å². The Morgan fingerprint density at radius 3 is 2.60 bits per heavy atom. The van der Waals surface area contributed by atoms with Crippen LogP contribution in [0.5, 0.6) is 0 Å². The summed E-state index contributed by atoms with van der Waals surface area (Å²) in [6, 6.07) is 8.43. The Kier molecular flexibility index (Phi) is 5.35. The molecule has 1 amide bonds. The van der Waals surface area contributed by atoms with Crippen molar-refractivity contribution in [2.75, 3.05) is 13.2 Å². The summed E-state index contributed by atoms with van der Waals surface area (Å²) in [6.45, 7) is 0.450. The number of amides is 1. The monoisotopic (exact) mass is 452 g/mol. The molecule has 2 N–H and O–H groups in total. The number of nitrogens with one attached hydrogen (secondary N) is 1. The number of thiazole rings is 1. The molecule has 4 rings (SSSR count). The van der Waals surface area contributed by atoms with Crippen molar-refractivity contribution in [2.24, 2.45) is 0 Å². The average molecular weight is 453 g/mol. The second-order valence-corrected chi connectivity index (χ2v) is 10.6. The molecule has 6 nitrogen and oxygen atoms in total. The average Bonchev–Trinajstić information content (AvgIpc) is 3.18. The molecule has 0 saturated carbocycles. The maximum Gasteiger partial charge on any atom is 0.262 e. The summed E-state index contributed by atoms with van der Waals surface area (Å²) in [6.07, 6.45) is 0.311. The minimum absolute atomic E-state index is 0.155. The van der Waals surface area contributed by atoms with Crippen molar-refractivity contribution in [3.63, 3.8) is 0 Å². The molecule has 1 aliphatic heterocycles. The first-order valence-corrected chi connectivity index (χ1v) is 11.6. The van der Waals surface area contributed by atoms with Crippen molar-refractivity contribution in [3.8, 4) is 10.6 Å². The van der Waals surface area contributed by atoms with E-state index in [2.05, 4.69) is 10.9 Å². The fourth-order valence-corrected chi connectivity index (χ4v) is 6.89. The zero-order valence-corrected chi connectivity index (χ0v) is 17.3. The maximum atomic E-state index is 13.8. The predicted octanol–water partition coefficient (Wildman–Crippen LogP) is 3.37. The van der Waals surface area contributed by atoms with Crippen LogP contribution in [0.3, 0.4) is 0 Å². The Hall–Kier alpha value is -2.40. The molecular weight excluding hydrogens is 434 g/mol. The van der Waals surface area contributed by atoms with Gasteiger partial charge in [0, 0.05) is 33.2 Å². The van der Waals surface area contributed by atoms with Gasteiger partial charge >= 0.3 is 0 Å². The summed E-state index contributed by atoms with van der Waals surface area (Å²) < 4.78 is 45.2. The standard InChI is InChI=1S/C20H18F2N2O4S2/c1-30(27,20(19(25)24-26)6-8-28-9-7-20)13-3-5-16-17(11-13)29-18(23-16)12-2-4-14(21)15(22)10-12/h2-5,10-11,26H,1,6-9H2,(H,24,25). The van der Waals surface area contributed by atoms with Crippen LogP contribution >= 0.6 is 11.3 Å². The summed E-state index contributed by atoms with van der Waals surface area (Å²) in [7, 11) is -3.18. The minimum Gasteiger partial charge on any atom is -0.381 e. The van der Waals surface area contributed by atoms with E-state index in [4.69, 9.17) is 4.74 Å². The number of fused-ring (bicyclic) bond motifs is 1. The Bertz CT molecular complexity index is 1230. The lowest BCUT2D eigenvalue weighted by molar-refractivity contribution is -0.134. The Labute approximate surface area is 175 Å². The van der Waals surface area contributed by atoms with Crippen LogP contribution in [0.25, 0.3) is 20.8 Å². The third-order valence-electron chi connectivity index (χ3n) is 5.35. The van der Waals surface area contributed by atoms with Crippen LogP contribution in [0.4, 0.5) is 8.78 Å². The number of nitrogens with zero attached hydrogens (tertiary/aromatic N) is 1. The fourth-order valence-electron chi connectivity index (χ4n) is 3.60. The van der Waals surface area contributed by atoms with Crippen molar-refractivity contribution in [2.45, 2.75) is 22.5 Å². The quantitative estimate of drug-likeness (QED) is 0.360. The van der Waals surface area contributed by atoms with Gasteiger partial charge in [-0.15, -0.1) is 11.3 Å². The second kappa shape index (κ2) is 7.69. The van der Waals surface area contributed by atoms with Gasteiger partial charge in [-0.3, -0.25) is 14.2 Å². The van der Waals surface area contributed by atoms with Gasteiger partial charge in [0.15, 0.2) is 11.6 Å². The van der Waals surface area contributed by atoms with Crippen LogP contribution in [0.2, 0.25) is 0 Å². The molecular formula is C20H18F2N2O4S2. The van der Waals surface area contributed by atoms with Crippen LogP contribution in [-0.2, 0) is 19.1 Å². The van der Waals surface area contributed by atoms with Crippen molar-refractivity contribution in [1.29, 1.82) is 0 Å². The summed E-state index contributed by atoms with van der Waals surface area (Å²) in [5.41, 5.74) is 2.65. The maximum absolute atomic E-state index is 13.8. The molecule has 3 aromatic rings. The van der Waals surface area contributed by atoms with Gasteiger partial charge in [-0.05, 0) is 55.1 Å². The number of aromatic nitrogens is 1. The molecule has 1 unspecified atom stereocenters. The van der Waals surface area contributed by atoms with Crippen LogP contribution in [0.15, 0.2) is 41.3 Å². The number of benzene rings is 2. The Balaban J connectivity index is 1.79. The normalized spacial score (nSPS) is 18.1. The van der Waals surface area contributed by atoms with E-state index in [1.807, 2.05) is 0 Å². The Morgan fingerprint density at radius 2 is 1.93 bits per heavy atom. The zero-order chi connectivity index (χ0) is 21.5. The van der Waals surface area contributed by atoms with Crippen molar-refractivity contribution in [1.82, 2.24) is 10.5 Å². The first-order valence-electron chi connectivity index (χ1n) is 9.04. The number of halogens is 2. The van der Waals surface area contributed by atoms with Gasteiger partial charge in [0.05, 0.1) is 10.2 Å². The molecule has 1 atom stereocenters. The van der Waals surface area contributed by atoms with E-state index in [1.165, 1.54) is 17.4 Å². The molecule has 1 saturated heterocycles. The SMILES string of the molecule is C=S(=O)(c1ccc2nc(-c3ccc(F)c(F)c3)sc2c1)C1(C(=O)NO)CCOCC1. The van der Waals surface area contributed by atoms with Crippen molar-refractivity contribution >= 4 is 42.9 Å². The van der Waals surface area contributed by atoms with Gasteiger partial charge in [-0.1, -0.05) is 0 Å². The second-order valence-electron chi connectivity index (χ2n) is 7.00. The molecule has 1 fully saturated rings. The van der Waals surface area contributed by atoms with Gasteiger partial charge in [0.25, 0.3) is 5.91 Å². The molecule has 2 aromatic carbocycles. The van der Waals surface area contributed by atoms with Crippen molar-refractivity contribution < 1.29 is 27.7 Å². The molecule has 158 valence electrons. The van der Waals surface area contributed by atoms with Gasteiger partial charge in [0.1, 0.15) is 9.75 Å². The van der Waals surface area contributed by atoms with Gasteiger partial charge < -0.3 is 4.74 Å². The number of ether oxygens (including phenoxy) is 1. The molecule has 30 heavy (non-hydrogen) atoms. The summed E-state index contributed by atoms with van der Waals surface area (Å²) in [5.74, 6) is 1.23. The number of carbonyl (C=O) groups is 1. The molecule has 2 heterocycles. The first-order chi connectivity index (χ1) is 14.3. The van der Waals surface area contributed by atoms with Crippen LogP contribution in [-0.4, -0.2) is 44.1 Å². The first kappa shape index (κ1) is 20.9. The topological polar surface area (TPSA) is 88.5 Å². The molecule has 0 radical (unpaired) electrons. The van der Waals surface area contributed by atoms with E-state index in [0.29, 0.717) is 25.7 Å². The van der Waals surface area contributed by atoms with Crippen LogP contribution in [0.1, 0.15) is 12.8 Å². The molecule has 0 spiro atoms. The number of rotatable bonds is 4. The minimum atomic E-state index is -3.18. The largest absolute Gasteiger partial charge is 0.381 e. The van der Waals surface area contributed by atoms with E-state index < -0.39 is 31.8 Å². The third kappa shape index (κ3) is 3.29. The lowest BCUT2D eigenvalue weighted by Gasteiger charge is -2.37. The molecule has 1 aromatic heterocycles.